The van der Waals surface area contributed by atoms with Gasteiger partial charge in [0.1, 0.15) is 29.4 Å². The SMILES string of the molecule is CC(=O)OCC1=C(C(=O)O)N2C(=O)[C@H](NC(=O)/C(=N\OC(C)(C)C(=O)O)c3csc(N)n3)[C@H]2SC1. The van der Waals surface area contributed by atoms with Crippen molar-refractivity contribution in [3.63, 3.8) is 0 Å². The van der Waals surface area contributed by atoms with Gasteiger partial charge in [-0.3, -0.25) is 19.3 Å². The predicted octanol–water partition coefficient (Wildman–Crippen LogP) is -0.389. The standard InChI is InChI=1S/C19H21N5O9S2/c1-7(25)32-4-8-5-34-15-11(14(27)24(15)12(8)16(28)29)22-13(26)10(9-6-35-18(20)21-9)23-33-19(2,3)17(30)31/h6,11,15H,4-5H2,1-3H3,(H2,20,21)(H,22,26)(H,28,29)(H,30,31)/b23-10-/t11-,15+/m0/s1. The highest BCUT2D eigenvalue weighted by atomic mass is 32.2. The van der Waals surface area contributed by atoms with Crippen LogP contribution in [0.2, 0.25) is 0 Å². The van der Waals surface area contributed by atoms with Crippen molar-refractivity contribution in [3.8, 4) is 0 Å². The van der Waals surface area contributed by atoms with E-state index in [4.69, 9.17) is 15.3 Å². The summed E-state index contributed by atoms with van der Waals surface area (Å²) in [6.45, 7) is 3.35. The van der Waals surface area contributed by atoms with Crippen LogP contribution in [-0.4, -0.2) is 84.9 Å². The Morgan fingerprint density at radius 1 is 1.34 bits per heavy atom. The second kappa shape index (κ2) is 9.91. The van der Waals surface area contributed by atoms with Crippen LogP contribution in [0.15, 0.2) is 21.8 Å². The van der Waals surface area contributed by atoms with Crippen LogP contribution in [0.1, 0.15) is 26.5 Å². The summed E-state index contributed by atoms with van der Waals surface area (Å²) in [6, 6.07) is -1.11. The minimum atomic E-state index is -1.77. The molecule has 0 bridgehead atoms. The van der Waals surface area contributed by atoms with E-state index in [9.17, 15) is 34.2 Å². The van der Waals surface area contributed by atoms with E-state index < -0.39 is 52.5 Å². The number of carboxylic acids is 2. The molecule has 3 heterocycles. The molecule has 5 N–H and O–H groups in total. The number of carbonyl (C=O) groups is 5. The number of hydrogen-bond donors (Lipinski definition) is 4. The molecule has 0 aliphatic carbocycles. The van der Waals surface area contributed by atoms with E-state index in [1.165, 1.54) is 37.9 Å². The lowest BCUT2D eigenvalue weighted by Gasteiger charge is -2.49. The van der Waals surface area contributed by atoms with Crippen molar-refractivity contribution in [1.29, 1.82) is 0 Å². The second-order valence-electron chi connectivity index (χ2n) is 7.82. The molecular formula is C19H21N5O9S2. The monoisotopic (exact) mass is 527 g/mol. The largest absolute Gasteiger partial charge is 0.478 e. The Kier molecular flexibility index (Phi) is 7.35. The van der Waals surface area contributed by atoms with E-state index in [0.29, 0.717) is 0 Å². The fourth-order valence-electron chi connectivity index (χ4n) is 2.99. The van der Waals surface area contributed by atoms with Crippen molar-refractivity contribution in [2.24, 2.45) is 5.16 Å². The zero-order valence-corrected chi connectivity index (χ0v) is 20.3. The molecule has 14 nitrogen and oxygen atoms in total. The van der Waals surface area contributed by atoms with Gasteiger partial charge in [0.2, 0.25) is 5.60 Å². The van der Waals surface area contributed by atoms with Crippen molar-refractivity contribution in [1.82, 2.24) is 15.2 Å². The first kappa shape index (κ1) is 26.0. The first-order valence-corrected chi connectivity index (χ1v) is 11.8. The van der Waals surface area contributed by atoms with Crippen molar-refractivity contribution in [3.05, 3.63) is 22.3 Å². The van der Waals surface area contributed by atoms with Crippen molar-refractivity contribution in [2.45, 2.75) is 37.8 Å². The van der Waals surface area contributed by atoms with Crippen molar-refractivity contribution >= 4 is 63.7 Å². The lowest BCUT2D eigenvalue weighted by molar-refractivity contribution is -0.161. The number of nitrogen functional groups attached to an aromatic ring is 1. The number of aromatic nitrogens is 1. The Labute approximate surface area is 206 Å². The number of anilines is 1. The molecule has 1 fully saturated rings. The number of ether oxygens (including phenoxy) is 1. The van der Waals surface area contributed by atoms with Crippen LogP contribution >= 0.6 is 23.1 Å². The molecule has 35 heavy (non-hydrogen) atoms. The zero-order chi connectivity index (χ0) is 26.1. The summed E-state index contributed by atoms with van der Waals surface area (Å²) in [5.41, 5.74) is 3.38. The van der Waals surface area contributed by atoms with Gasteiger partial charge < -0.3 is 30.8 Å². The lowest BCUT2D eigenvalue weighted by Crippen LogP contribution is -2.71. The second-order valence-corrected chi connectivity index (χ2v) is 9.81. The van der Waals surface area contributed by atoms with Gasteiger partial charge in [-0.05, 0) is 13.8 Å². The number of oxime groups is 1. The molecule has 0 aromatic carbocycles. The summed E-state index contributed by atoms with van der Waals surface area (Å²) in [5, 5.41) is 25.8. The fourth-order valence-corrected chi connectivity index (χ4v) is 4.87. The number of fused-ring (bicyclic) bond motifs is 1. The summed E-state index contributed by atoms with van der Waals surface area (Å²) >= 11 is 2.18. The number of nitrogens with one attached hydrogen (secondary N) is 1. The number of esters is 1. The number of carbonyl (C=O) groups excluding carboxylic acids is 3. The Morgan fingerprint density at radius 3 is 2.57 bits per heavy atom. The molecular weight excluding hydrogens is 506 g/mol. The minimum Gasteiger partial charge on any atom is -0.478 e. The molecule has 1 aromatic heterocycles. The topological polar surface area (TPSA) is 211 Å². The van der Waals surface area contributed by atoms with Gasteiger partial charge in [-0.1, -0.05) is 5.16 Å². The number of rotatable bonds is 9. The maximum atomic E-state index is 13.0. The first-order chi connectivity index (χ1) is 16.3. The lowest BCUT2D eigenvalue weighted by atomic mass is 10.0. The van der Waals surface area contributed by atoms with Crippen LogP contribution in [0.3, 0.4) is 0 Å². The summed E-state index contributed by atoms with van der Waals surface area (Å²) in [4.78, 5) is 70.1. The van der Waals surface area contributed by atoms with Crippen molar-refractivity contribution < 1.29 is 43.8 Å². The van der Waals surface area contributed by atoms with E-state index >= 15 is 0 Å². The smallest absolute Gasteiger partial charge is 0.352 e. The molecule has 3 rings (SSSR count). The molecule has 0 unspecified atom stereocenters. The zero-order valence-electron chi connectivity index (χ0n) is 18.6. The number of β-lactam (4-membered cyclic amide) rings is 1. The summed E-state index contributed by atoms with van der Waals surface area (Å²) < 4.78 is 4.88. The summed E-state index contributed by atoms with van der Waals surface area (Å²) in [6.07, 6.45) is 0. The summed E-state index contributed by atoms with van der Waals surface area (Å²) in [5.74, 6) is -4.76. The number of amides is 2. The number of thioether (sulfide) groups is 1. The fraction of sp³-hybridized carbons (Fsp3) is 0.421. The Balaban J connectivity index is 1.82. The molecule has 188 valence electrons. The third-order valence-corrected chi connectivity index (χ3v) is 6.86. The molecule has 2 amide bonds. The number of hydrogen-bond acceptors (Lipinski definition) is 12. The Morgan fingerprint density at radius 2 is 2.03 bits per heavy atom. The van der Waals surface area contributed by atoms with E-state index in [2.05, 4.69) is 15.5 Å². The highest BCUT2D eigenvalue weighted by Crippen LogP contribution is 2.40. The maximum absolute atomic E-state index is 13.0. The minimum absolute atomic E-state index is 0.000836. The number of nitrogens with zero attached hydrogens (tertiary/aromatic N) is 3. The van der Waals surface area contributed by atoms with E-state index in [0.717, 1.165) is 16.2 Å². The highest BCUT2D eigenvalue weighted by molar-refractivity contribution is 8.00. The number of thiazole rings is 1. The van der Waals surface area contributed by atoms with E-state index in [-0.39, 0.29) is 34.5 Å². The van der Waals surface area contributed by atoms with Crippen LogP contribution < -0.4 is 11.1 Å². The van der Waals surface area contributed by atoms with Crippen LogP contribution in [0.4, 0.5) is 5.13 Å². The van der Waals surface area contributed by atoms with Crippen LogP contribution in [0.25, 0.3) is 0 Å². The number of aliphatic carboxylic acids is 2. The van der Waals surface area contributed by atoms with Gasteiger partial charge in [-0.15, -0.1) is 23.1 Å². The van der Waals surface area contributed by atoms with Gasteiger partial charge in [0.25, 0.3) is 11.8 Å². The summed E-state index contributed by atoms with van der Waals surface area (Å²) in [7, 11) is 0. The van der Waals surface area contributed by atoms with E-state index in [1.807, 2.05) is 0 Å². The first-order valence-electron chi connectivity index (χ1n) is 9.88. The molecule has 0 radical (unpaired) electrons. The maximum Gasteiger partial charge on any atom is 0.352 e. The van der Waals surface area contributed by atoms with Gasteiger partial charge >= 0.3 is 17.9 Å². The van der Waals surface area contributed by atoms with Crippen LogP contribution in [0, 0.1) is 0 Å². The Bertz CT molecular complexity index is 1160. The molecule has 1 saturated heterocycles. The highest BCUT2D eigenvalue weighted by Gasteiger charge is 2.54. The van der Waals surface area contributed by atoms with E-state index in [1.54, 1.807) is 0 Å². The van der Waals surface area contributed by atoms with Gasteiger partial charge in [0.15, 0.2) is 10.8 Å². The molecule has 2 atom stereocenters. The van der Waals surface area contributed by atoms with Crippen LogP contribution in [0.5, 0.6) is 0 Å². The van der Waals surface area contributed by atoms with Crippen molar-refractivity contribution in [2.75, 3.05) is 18.1 Å². The third-order valence-electron chi connectivity index (χ3n) is 4.85. The molecule has 0 saturated carbocycles. The molecule has 16 heteroatoms. The molecule has 2 aliphatic heterocycles. The van der Waals surface area contributed by atoms with Gasteiger partial charge in [-0.25, -0.2) is 14.6 Å². The number of carboxylic acid groups (broad SMARTS) is 2. The third kappa shape index (κ3) is 5.37. The molecule has 1 aromatic rings. The predicted molar refractivity (Wildman–Crippen MR) is 122 cm³/mol. The average molecular weight is 528 g/mol. The molecule has 2 aliphatic rings. The average Bonchev–Trinajstić information content (AvgIpc) is 3.20. The molecule has 0 spiro atoms. The normalized spacial score (nSPS) is 20.0. The quantitative estimate of drug-likeness (QED) is 0.140. The van der Waals surface area contributed by atoms with Crippen LogP contribution in [-0.2, 0) is 33.5 Å². The van der Waals surface area contributed by atoms with Gasteiger partial charge in [0, 0.05) is 23.6 Å². The van der Waals surface area contributed by atoms with Gasteiger partial charge in [0.05, 0.1) is 0 Å². The number of nitrogens with two attached hydrogens (primary N) is 1. The Hall–Kier alpha value is -3.66. The van der Waals surface area contributed by atoms with Gasteiger partial charge in [-0.2, -0.15) is 0 Å².